The third-order valence-electron chi connectivity index (χ3n) is 5.37. The Balaban J connectivity index is 0.000000466. The molecule has 35 heavy (non-hydrogen) atoms. The van der Waals surface area contributed by atoms with E-state index in [1.807, 2.05) is 0 Å². The molecule has 0 spiro atoms. The van der Waals surface area contributed by atoms with Crippen LogP contribution in [0.5, 0.6) is 0 Å². The lowest BCUT2D eigenvalue weighted by atomic mass is 10.1. The number of nitrogens with zero attached hydrogens (tertiary/aromatic N) is 1. The number of hydrogen-bond donors (Lipinski definition) is 3. The van der Waals surface area contributed by atoms with Crippen LogP contribution in [0.15, 0.2) is 48.5 Å². The number of halogens is 2. The Hall–Kier alpha value is -3.20. The first kappa shape index (κ1) is 28.0. The summed E-state index contributed by atoms with van der Waals surface area (Å²) in [6, 6.07) is 12.9. The molecule has 9 heteroatoms. The van der Waals surface area contributed by atoms with Crippen molar-refractivity contribution in [2.45, 2.75) is 64.1 Å². The predicted molar refractivity (Wildman–Crippen MR) is 133 cm³/mol. The number of amides is 2. The molecule has 2 atom stereocenters. The third kappa shape index (κ3) is 9.90. The molecule has 192 valence electrons. The van der Waals surface area contributed by atoms with Gasteiger partial charge in [0.05, 0.1) is 11.7 Å². The Labute approximate surface area is 205 Å². The number of rotatable bonds is 7. The van der Waals surface area contributed by atoms with Crippen molar-refractivity contribution >= 4 is 17.7 Å². The van der Waals surface area contributed by atoms with Crippen molar-refractivity contribution in [1.29, 1.82) is 0 Å². The summed E-state index contributed by atoms with van der Waals surface area (Å²) in [6.07, 6.45) is 1.41. The Morgan fingerprint density at radius 3 is 2.29 bits per heavy atom. The average Bonchev–Trinajstić information content (AvgIpc) is 3.14. The highest BCUT2D eigenvalue weighted by atomic mass is 19.1. The van der Waals surface area contributed by atoms with Crippen LogP contribution in [0.1, 0.15) is 45.6 Å². The minimum absolute atomic E-state index is 0.0135. The summed E-state index contributed by atoms with van der Waals surface area (Å²) in [7, 11) is 0. The number of anilines is 1. The van der Waals surface area contributed by atoms with Crippen molar-refractivity contribution in [3.8, 4) is 0 Å². The van der Waals surface area contributed by atoms with Gasteiger partial charge in [-0.25, -0.2) is 13.6 Å². The first-order valence-corrected chi connectivity index (χ1v) is 11.7. The molecular weight excluding hydrogens is 454 g/mol. The quantitative estimate of drug-likeness (QED) is 0.539. The van der Waals surface area contributed by atoms with E-state index in [1.165, 1.54) is 12.1 Å². The largest absolute Gasteiger partial charge is 0.444 e. The Morgan fingerprint density at radius 1 is 1.09 bits per heavy atom. The van der Waals surface area contributed by atoms with Crippen molar-refractivity contribution in [2.75, 3.05) is 18.4 Å². The average molecular weight is 491 g/mol. The van der Waals surface area contributed by atoms with Gasteiger partial charge in [0, 0.05) is 25.6 Å². The van der Waals surface area contributed by atoms with Crippen molar-refractivity contribution in [3.05, 3.63) is 65.7 Å². The number of carbonyl (C=O) groups is 2. The van der Waals surface area contributed by atoms with Gasteiger partial charge in [-0.05, 0) is 63.8 Å². The smallest absolute Gasteiger partial charge is 0.405 e. The molecule has 1 aliphatic rings. The number of primary amides is 1. The molecule has 1 fully saturated rings. The molecule has 1 heterocycles. The minimum atomic E-state index is -0.725. The van der Waals surface area contributed by atoms with Crippen molar-refractivity contribution in [3.63, 3.8) is 0 Å². The van der Waals surface area contributed by atoms with E-state index in [9.17, 15) is 18.4 Å². The van der Waals surface area contributed by atoms with Crippen LogP contribution < -0.4 is 16.8 Å². The number of para-hydroxylation sites is 1. The Kier molecular flexibility index (Phi) is 10.4. The van der Waals surface area contributed by atoms with Gasteiger partial charge in [-0.15, -0.1) is 0 Å². The summed E-state index contributed by atoms with van der Waals surface area (Å²) in [6.45, 7) is 6.24. The van der Waals surface area contributed by atoms with E-state index in [2.05, 4.69) is 10.1 Å². The molecule has 1 unspecified atom stereocenters. The van der Waals surface area contributed by atoms with Crippen LogP contribution in [0.3, 0.4) is 0 Å². The molecule has 2 aromatic rings. The van der Waals surface area contributed by atoms with E-state index in [-0.39, 0.29) is 29.6 Å². The fraction of sp³-hybridized carbons (Fsp3) is 0.462. The van der Waals surface area contributed by atoms with Gasteiger partial charge in [0.1, 0.15) is 17.2 Å². The van der Waals surface area contributed by atoms with E-state index in [0.29, 0.717) is 50.0 Å². The van der Waals surface area contributed by atoms with E-state index >= 15 is 0 Å². The summed E-state index contributed by atoms with van der Waals surface area (Å²) < 4.78 is 32.0. The highest BCUT2D eigenvalue weighted by Gasteiger charge is 2.33. The molecule has 0 radical (unpaired) electrons. The number of nitrogens with one attached hydrogen (secondary N) is 1. The van der Waals surface area contributed by atoms with Crippen LogP contribution in [0.2, 0.25) is 0 Å². The van der Waals surface area contributed by atoms with Crippen LogP contribution >= 0.6 is 0 Å². The fourth-order valence-corrected chi connectivity index (χ4v) is 3.86. The highest BCUT2D eigenvalue weighted by Crippen LogP contribution is 2.21. The number of carbonyl (C=O) groups excluding carboxylic acids is 2. The van der Waals surface area contributed by atoms with Crippen molar-refractivity contribution in [2.24, 2.45) is 11.5 Å². The van der Waals surface area contributed by atoms with Crippen LogP contribution in [-0.4, -0.2) is 47.7 Å². The molecule has 2 aromatic carbocycles. The number of benzene rings is 2. The third-order valence-corrected chi connectivity index (χ3v) is 5.37. The van der Waals surface area contributed by atoms with E-state index in [1.54, 1.807) is 62.1 Å². The SMILES string of the molecule is CC(C)(C)OC(N)=O.NC1C[C@@H](CNc2ccccc2F)N(C(=O)CCCc2ccccc2F)C1. The normalized spacial score (nSPS) is 17.4. The fourth-order valence-electron chi connectivity index (χ4n) is 3.86. The molecule has 5 N–H and O–H groups in total. The number of ether oxygens (including phenoxy) is 1. The van der Waals surface area contributed by atoms with Gasteiger partial charge in [0.25, 0.3) is 0 Å². The van der Waals surface area contributed by atoms with Gasteiger partial charge in [-0.2, -0.15) is 0 Å². The highest BCUT2D eigenvalue weighted by molar-refractivity contribution is 5.77. The standard InChI is InChI=1S/C21H25F2N3O.C5H11NO2/c22-18-8-2-1-6-15(18)7-5-11-21(27)26-14-16(24)12-17(26)13-25-20-10-4-3-9-19(20)23;1-5(2,3)8-4(6)7/h1-4,6,8-10,16-17,25H,5,7,11-14,24H2;1-3H3,(H2,6,7)/t16?,17-;/m0./s1. The minimum Gasteiger partial charge on any atom is -0.444 e. The number of aryl methyl sites for hydroxylation is 1. The van der Waals surface area contributed by atoms with Gasteiger partial charge in [0.15, 0.2) is 0 Å². The number of likely N-dealkylation sites (tertiary alicyclic amines) is 1. The second-order valence-electron chi connectivity index (χ2n) is 9.53. The first-order valence-electron chi connectivity index (χ1n) is 11.7. The summed E-state index contributed by atoms with van der Waals surface area (Å²) in [5, 5.41) is 3.08. The van der Waals surface area contributed by atoms with Crippen LogP contribution in [0.4, 0.5) is 19.3 Å². The monoisotopic (exact) mass is 490 g/mol. The van der Waals surface area contributed by atoms with Crippen LogP contribution in [0.25, 0.3) is 0 Å². The van der Waals surface area contributed by atoms with Gasteiger partial charge in [-0.3, -0.25) is 4.79 Å². The Bertz CT molecular complexity index is 981. The number of hydrogen-bond acceptors (Lipinski definition) is 5. The zero-order valence-electron chi connectivity index (χ0n) is 20.6. The molecular formula is C26H36F2N4O3. The lowest BCUT2D eigenvalue weighted by Gasteiger charge is -2.25. The van der Waals surface area contributed by atoms with Gasteiger partial charge in [-0.1, -0.05) is 30.3 Å². The molecule has 7 nitrogen and oxygen atoms in total. The topological polar surface area (TPSA) is 111 Å². The van der Waals surface area contributed by atoms with Gasteiger partial charge in [0.2, 0.25) is 5.91 Å². The van der Waals surface area contributed by atoms with Crippen LogP contribution in [-0.2, 0) is 16.0 Å². The summed E-state index contributed by atoms with van der Waals surface area (Å²) in [4.78, 5) is 24.4. The Morgan fingerprint density at radius 2 is 1.71 bits per heavy atom. The molecule has 1 aliphatic heterocycles. The second kappa shape index (κ2) is 13.0. The second-order valence-corrected chi connectivity index (χ2v) is 9.53. The lowest BCUT2D eigenvalue weighted by Crippen LogP contribution is -2.40. The van der Waals surface area contributed by atoms with Gasteiger partial charge < -0.3 is 26.4 Å². The molecule has 0 saturated carbocycles. The maximum Gasteiger partial charge on any atom is 0.405 e. The molecule has 3 rings (SSSR count). The summed E-state index contributed by atoms with van der Waals surface area (Å²) in [5.41, 5.74) is 11.4. The van der Waals surface area contributed by atoms with Gasteiger partial charge >= 0.3 is 6.09 Å². The zero-order chi connectivity index (χ0) is 26.0. The van der Waals surface area contributed by atoms with E-state index in [4.69, 9.17) is 11.5 Å². The maximum absolute atomic E-state index is 13.8. The first-order chi connectivity index (χ1) is 16.5. The molecule has 0 bridgehead atoms. The molecule has 0 aromatic heterocycles. The zero-order valence-corrected chi connectivity index (χ0v) is 20.6. The van der Waals surface area contributed by atoms with Crippen LogP contribution in [0, 0.1) is 11.6 Å². The van der Waals surface area contributed by atoms with E-state index < -0.39 is 11.7 Å². The summed E-state index contributed by atoms with van der Waals surface area (Å²) in [5.74, 6) is -0.540. The van der Waals surface area contributed by atoms with Crippen molar-refractivity contribution in [1.82, 2.24) is 4.90 Å². The number of nitrogens with two attached hydrogens (primary N) is 2. The predicted octanol–water partition coefficient (Wildman–Crippen LogP) is 4.21. The van der Waals surface area contributed by atoms with E-state index in [0.717, 1.165) is 0 Å². The molecule has 2 amide bonds. The summed E-state index contributed by atoms with van der Waals surface area (Å²) >= 11 is 0. The van der Waals surface area contributed by atoms with Crippen molar-refractivity contribution < 1.29 is 23.1 Å². The lowest BCUT2D eigenvalue weighted by molar-refractivity contribution is -0.131. The molecule has 0 aliphatic carbocycles. The molecule has 1 saturated heterocycles. The maximum atomic E-state index is 13.8.